The van der Waals surface area contributed by atoms with Crippen LogP contribution in [0.3, 0.4) is 0 Å². The summed E-state index contributed by atoms with van der Waals surface area (Å²) in [5.41, 5.74) is 3.27. The highest BCUT2D eigenvalue weighted by atomic mass is 16.5. The third kappa shape index (κ3) is 5.34. The fourth-order valence-electron chi connectivity index (χ4n) is 2.38. The van der Waals surface area contributed by atoms with Gasteiger partial charge in [-0.2, -0.15) is 0 Å². The second-order valence-corrected chi connectivity index (χ2v) is 5.45. The molecule has 3 heteroatoms. The Labute approximate surface area is 131 Å². The van der Waals surface area contributed by atoms with Crippen LogP contribution in [0.15, 0.2) is 54.6 Å². The highest BCUT2D eigenvalue weighted by molar-refractivity contribution is 5.72. The summed E-state index contributed by atoms with van der Waals surface area (Å²) in [5, 5.41) is 10.1. The van der Waals surface area contributed by atoms with Crippen LogP contribution in [0.1, 0.15) is 23.1 Å². The van der Waals surface area contributed by atoms with E-state index in [9.17, 15) is 9.90 Å². The van der Waals surface area contributed by atoms with E-state index in [4.69, 9.17) is 0 Å². The fourth-order valence-corrected chi connectivity index (χ4v) is 2.38. The van der Waals surface area contributed by atoms with Crippen molar-refractivity contribution in [3.63, 3.8) is 0 Å². The molecule has 1 atom stereocenters. The first-order chi connectivity index (χ1) is 10.7. The highest BCUT2D eigenvalue weighted by Crippen LogP contribution is 2.12. The highest BCUT2D eigenvalue weighted by Gasteiger charge is 2.07. The van der Waals surface area contributed by atoms with Gasteiger partial charge in [0, 0.05) is 0 Å². The van der Waals surface area contributed by atoms with Crippen molar-refractivity contribution < 1.29 is 14.6 Å². The number of ether oxygens (including phenoxy) is 1. The molecule has 1 unspecified atom stereocenters. The molecule has 2 aromatic rings. The van der Waals surface area contributed by atoms with Gasteiger partial charge in [0.1, 0.15) is 0 Å². The van der Waals surface area contributed by atoms with E-state index in [0.717, 1.165) is 24.0 Å². The topological polar surface area (TPSA) is 46.5 Å². The summed E-state index contributed by atoms with van der Waals surface area (Å²) < 4.78 is 4.65. The molecule has 0 aliphatic heterocycles. The van der Waals surface area contributed by atoms with E-state index in [1.165, 1.54) is 12.7 Å². The number of hydrogen-bond acceptors (Lipinski definition) is 3. The lowest BCUT2D eigenvalue weighted by Gasteiger charge is -2.11. The summed E-state index contributed by atoms with van der Waals surface area (Å²) in [5.74, 6) is -0.231. The first-order valence-corrected chi connectivity index (χ1v) is 7.54. The first kappa shape index (κ1) is 16.2. The number of hydrogen-bond donors (Lipinski definition) is 1. The average molecular weight is 298 g/mol. The number of benzene rings is 2. The Bertz CT molecular complexity index is 575. The summed E-state index contributed by atoms with van der Waals surface area (Å²) in [6.45, 7) is 0. The van der Waals surface area contributed by atoms with Crippen molar-refractivity contribution in [2.45, 2.75) is 31.8 Å². The maximum absolute atomic E-state index is 11.2. The molecular weight excluding hydrogens is 276 g/mol. The summed E-state index contributed by atoms with van der Waals surface area (Å²) in [6, 6.07) is 17.9. The Kier molecular flexibility index (Phi) is 6.16. The normalized spacial score (nSPS) is 11.9. The van der Waals surface area contributed by atoms with Crippen molar-refractivity contribution in [1.29, 1.82) is 0 Å². The van der Waals surface area contributed by atoms with Crippen molar-refractivity contribution in [1.82, 2.24) is 0 Å². The van der Waals surface area contributed by atoms with Crippen molar-refractivity contribution in [3.8, 4) is 0 Å². The third-order valence-corrected chi connectivity index (χ3v) is 3.68. The van der Waals surface area contributed by atoms with Crippen LogP contribution in [0.25, 0.3) is 0 Å². The monoisotopic (exact) mass is 298 g/mol. The minimum atomic E-state index is -0.336. The summed E-state index contributed by atoms with van der Waals surface area (Å²) in [6.07, 6.45) is 2.20. The molecule has 22 heavy (non-hydrogen) atoms. The van der Waals surface area contributed by atoms with Gasteiger partial charge in [0.2, 0.25) is 0 Å². The lowest BCUT2D eigenvalue weighted by Crippen LogP contribution is -2.11. The molecule has 0 aliphatic carbocycles. The van der Waals surface area contributed by atoms with Crippen LogP contribution < -0.4 is 0 Å². The van der Waals surface area contributed by atoms with E-state index in [1.54, 1.807) is 0 Å². The molecular formula is C19H22O3. The van der Waals surface area contributed by atoms with E-state index >= 15 is 0 Å². The van der Waals surface area contributed by atoms with Gasteiger partial charge >= 0.3 is 5.97 Å². The van der Waals surface area contributed by atoms with Crippen LogP contribution in [-0.4, -0.2) is 24.3 Å². The van der Waals surface area contributed by atoms with Crippen molar-refractivity contribution in [2.75, 3.05) is 7.11 Å². The summed E-state index contributed by atoms with van der Waals surface area (Å²) in [4.78, 5) is 11.2. The zero-order chi connectivity index (χ0) is 15.8. The Hall–Kier alpha value is -2.13. The van der Waals surface area contributed by atoms with Crippen molar-refractivity contribution >= 4 is 5.97 Å². The quantitative estimate of drug-likeness (QED) is 0.799. The third-order valence-electron chi connectivity index (χ3n) is 3.68. The lowest BCUT2D eigenvalue weighted by molar-refractivity contribution is -0.139. The maximum Gasteiger partial charge on any atom is 0.309 e. The molecule has 0 heterocycles. The fraction of sp³-hybridized carbons (Fsp3) is 0.316. The van der Waals surface area contributed by atoms with Gasteiger partial charge < -0.3 is 9.84 Å². The number of aryl methyl sites for hydroxylation is 1. The first-order valence-electron chi connectivity index (χ1n) is 7.54. The molecule has 0 amide bonds. The van der Waals surface area contributed by atoms with E-state index in [-0.39, 0.29) is 12.1 Å². The Morgan fingerprint density at radius 1 is 1.00 bits per heavy atom. The van der Waals surface area contributed by atoms with E-state index in [1.807, 2.05) is 54.6 Å². The minimum absolute atomic E-state index is 0.231. The molecule has 0 aromatic heterocycles. The van der Waals surface area contributed by atoms with Gasteiger partial charge in [-0.15, -0.1) is 0 Å². The predicted molar refractivity (Wildman–Crippen MR) is 86.6 cm³/mol. The molecule has 0 spiro atoms. The number of carbonyl (C=O) groups is 1. The van der Waals surface area contributed by atoms with E-state index in [0.29, 0.717) is 12.8 Å². The zero-order valence-electron chi connectivity index (χ0n) is 12.9. The van der Waals surface area contributed by atoms with Gasteiger partial charge in [-0.25, -0.2) is 0 Å². The van der Waals surface area contributed by atoms with E-state index < -0.39 is 0 Å². The molecule has 3 nitrogen and oxygen atoms in total. The number of esters is 1. The Balaban J connectivity index is 1.80. The molecule has 0 bridgehead atoms. The lowest BCUT2D eigenvalue weighted by atomic mass is 10.0. The SMILES string of the molecule is COC(=O)Cc1ccc(CCC(O)Cc2ccccc2)cc1. The summed E-state index contributed by atoms with van der Waals surface area (Å²) in [7, 11) is 1.39. The molecule has 116 valence electrons. The Morgan fingerprint density at radius 3 is 2.27 bits per heavy atom. The van der Waals surface area contributed by atoms with Crippen LogP contribution in [0.5, 0.6) is 0 Å². The van der Waals surface area contributed by atoms with Gasteiger partial charge in [0.15, 0.2) is 0 Å². The van der Waals surface area contributed by atoms with Crippen LogP contribution in [0, 0.1) is 0 Å². The number of aliphatic hydroxyl groups excluding tert-OH is 1. The largest absolute Gasteiger partial charge is 0.469 e. The molecule has 2 rings (SSSR count). The van der Waals surface area contributed by atoms with Crippen molar-refractivity contribution in [3.05, 3.63) is 71.3 Å². The standard InChI is InChI=1S/C19H22O3/c1-22-19(21)14-17-9-7-15(8-10-17)11-12-18(20)13-16-5-3-2-4-6-16/h2-10,18,20H,11-14H2,1H3. The molecule has 2 aromatic carbocycles. The molecule has 0 radical (unpaired) electrons. The van der Waals surface area contributed by atoms with Gasteiger partial charge in [0.05, 0.1) is 19.6 Å². The van der Waals surface area contributed by atoms with Crippen LogP contribution in [-0.2, 0) is 28.8 Å². The van der Waals surface area contributed by atoms with Crippen molar-refractivity contribution in [2.24, 2.45) is 0 Å². The van der Waals surface area contributed by atoms with Gasteiger partial charge in [0.25, 0.3) is 0 Å². The number of carbonyl (C=O) groups excluding carboxylic acids is 1. The minimum Gasteiger partial charge on any atom is -0.469 e. The molecule has 0 fully saturated rings. The van der Waals surface area contributed by atoms with E-state index in [2.05, 4.69) is 4.74 Å². The van der Waals surface area contributed by atoms with Crippen LogP contribution in [0.2, 0.25) is 0 Å². The molecule has 1 N–H and O–H groups in total. The zero-order valence-corrected chi connectivity index (χ0v) is 12.9. The predicted octanol–water partition coefficient (Wildman–Crippen LogP) is 2.94. The number of aliphatic hydroxyl groups is 1. The second kappa shape index (κ2) is 8.35. The number of rotatable bonds is 7. The summed E-state index contributed by atoms with van der Waals surface area (Å²) >= 11 is 0. The van der Waals surface area contributed by atoms with Crippen LogP contribution >= 0.6 is 0 Å². The second-order valence-electron chi connectivity index (χ2n) is 5.45. The number of methoxy groups -OCH3 is 1. The van der Waals surface area contributed by atoms with Gasteiger partial charge in [-0.05, 0) is 36.0 Å². The molecule has 0 saturated heterocycles. The maximum atomic E-state index is 11.2. The molecule has 0 aliphatic rings. The molecule has 0 saturated carbocycles. The van der Waals surface area contributed by atoms with Crippen LogP contribution in [0.4, 0.5) is 0 Å². The van der Waals surface area contributed by atoms with Gasteiger partial charge in [-0.1, -0.05) is 54.6 Å². The smallest absolute Gasteiger partial charge is 0.309 e. The Morgan fingerprint density at radius 2 is 1.64 bits per heavy atom. The average Bonchev–Trinajstić information content (AvgIpc) is 2.55. The van der Waals surface area contributed by atoms with Gasteiger partial charge in [-0.3, -0.25) is 4.79 Å².